The van der Waals surface area contributed by atoms with Gasteiger partial charge in [0.15, 0.2) is 5.69 Å². The van der Waals surface area contributed by atoms with Gasteiger partial charge in [-0.25, -0.2) is 4.79 Å². The smallest absolute Gasteiger partial charge is 0.333 e. The Balaban J connectivity index is 1.70. The summed E-state index contributed by atoms with van der Waals surface area (Å²) >= 11 is -2.77. The normalized spacial score (nSPS) is 17.3. The highest BCUT2D eigenvalue weighted by Crippen LogP contribution is 2.24. The largest absolute Gasteiger partial charge is 0.772 e. The molecule has 1 aliphatic heterocycles. The summed E-state index contributed by atoms with van der Waals surface area (Å²) in [5.41, 5.74) is 0.736. The summed E-state index contributed by atoms with van der Waals surface area (Å²) in [5.74, 6) is -2.78. The van der Waals surface area contributed by atoms with E-state index in [0.29, 0.717) is 37.2 Å². The molecule has 1 heterocycles. The lowest BCUT2D eigenvalue weighted by atomic mass is 10.2. The third-order valence-electron chi connectivity index (χ3n) is 4.27. The van der Waals surface area contributed by atoms with E-state index in [4.69, 9.17) is 0 Å². The van der Waals surface area contributed by atoms with E-state index in [9.17, 15) is 33.6 Å². The Hall–Kier alpha value is -2.71. The maximum absolute atomic E-state index is 11.8. The molecule has 1 aromatic rings. The van der Waals surface area contributed by atoms with E-state index >= 15 is 0 Å². The first kappa shape index (κ1) is 23.6. The molecule has 2 rings (SSSR count). The van der Waals surface area contributed by atoms with Crippen molar-refractivity contribution >= 4 is 52.6 Å². The lowest BCUT2D eigenvalue weighted by Gasteiger charge is -2.27. The summed E-state index contributed by atoms with van der Waals surface area (Å²) in [6.07, 6.45) is 0.933. The van der Waals surface area contributed by atoms with Crippen LogP contribution in [0.15, 0.2) is 23.2 Å². The number of amides is 2. The van der Waals surface area contributed by atoms with Crippen LogP contribution in [-0.2, 0) is 30.3 Å². The molecule has 1 aliphatic rings. The third kappa shape index (κ3) is 6.14. The number of carbonyl (C=O) groups is 3. The summed E-state index contributed by atoms with van der Waals surface area (Å²) in [6.45, 7) is 3.76. The number of quaternary nitrogens is 1. The van der Waals surface area contributed by atoms with Gasteiger partial charge in [-0.3, -0.25) is 18.8 Å². The van der Waals surface area contributed by atoms with Gasteiger partial charge in [0.1, 0.15) is 5.25 Å². The number of hydroxylamine groups is 2. The van der Waals surface area contributed by atoms with Crippen molar-refractivity contribution in [2.75, 3.05) is 11.9 Å². The van der Waals surface area contributed by atoms with Crippen molar-refractivity contribution in [3.8, 4) is 0 Å². The number of anilines is 1. The molecule has 2 N–H and O–H groups in total. The second-order valence-electron chi connectivity index (χ2n) is 6.36. The number of imide groups is 1. The Morgan fingerprint density at radius 1 is 1.33 bits per heavy atom. The topological polar surface area (TPSA) is 179 Å². The van der Waals surface area contributed by atoms with Gasteiger partial charge >= 0.3 is 5.97 Å². The molecule has 1 aromatic carbocycles. The van der Waals surface area contributed by atoms with Crippen LogP contribution in [0.3, 0.4) is 0 Å². The number of hydrogen-bond acceptors (Lipinski definition) is 10. The standard InChI is InChI=1S/C17H21N4O8S/c1-18-11-6-7-12(13(9-11)21(25)26)19-8-4-2-3-5-16(23)29-20-15(22)10-14(17(20)24)30(27)28/h6-7,9,14,19,21H,1-5,8,10H2,(H,27,28)/q-1/p-1. The van der Waals surface area contributed by atoms with Gasteiger partial charge < -0.3 is 30.3 Å². The molecule has 0 aliphatic carbocycles. The fourth-order valence-corrected chi connectivity index (χ4v) is 3.26. The SMILES string of the molecule is C=Nc1ccc(NCCCCCC(=O)ON2C(=O)CC(S(=O)[O-])C2=O)c([NH+]([O-])[O-])c1. The molecular formula is C17H20N4O8S-2. The molecule has 30 heavy (non-hydrogen) atoms. The lowest BCUT2D eigenvalue weighted by molar-refractivity contribution is -0.714. The molecule has 1 saturated heterocycles. The summed E-state index contributed by atoms with van der Waals surface area (Å²) in [5, 5.41) is 22.7. The average molecular weight is 440 g/mol. The van der Waals surface area contributed by atoms with Crippen LogP contribution in [0.2, 0.25) is 0 Å². The number of hydrogen-bond donors (Lipinski definition) is 2. The minimum atomic E-state index is -2.77. The van der Waals surface area contributed by atoms with Crippen molar-refractivity contribution < 1.29 is 33.2 Å². The zero-order valence-electron chi connectivity index (χ0n) is 15.8. The van der Waals surface area contributed by atoms with Crippen LogP contribution in [0.5, 0.6) is 0 Å². The minimum Gasteiger partial charge on any atom is -0.772 e. The number of carbonyl (C=O) groups excluding carboxylic acids is 3. The number of rotatable bonds is 11. The fraction of sp³-hybridized carbons (Fsp3) is 0.412. The van der Waals surface area contributed by atoms with Gasteiger partial charge in [0.05, 0.1) is 17.8 Å². The second-order valence-corrected chi connectivity index (χ2v) is 7.45. The van der Waals surface area contributed by atoms with E-state index in [2.05, 4.69) is 21.9 Å². The zero-order valence-corrected chi connectivity index (χ0v) is 16.6. The third-order valence-corrected chi connectivity index (χ3v) is 5.10. The second kappa shape index (κ2) is 10.9. The molecule has 2 atom stereocenters. The molecule has 12 nitrogen and oxygen atoms in total. The zero-order chi connectivity index (χ0) is 22.3. The predicted molar refractivity (Wildman–Crippen MR) is 105 cm³/mol. The van der Waals surface area contributed by atoms with Crippen LogP contribution in [0.25, 0.3) is 0 Å². The number of nitrogens with one attached hydrogen (secondary N) is 2. The lowest BCUT2D eigenvalue weighted by Crippen LogP contribution is -2.96. The monoisotopic (exact) mass is 440 g/mol. The Bertz CT molecular complexity index is 847. The van der Waals surface area contributed by atoms with E-state index in [0.717, 1.165) is 0 Å². The van der Waals surface area contributed by atoms with Crippen LogP contribution in [-0.4, -0.2) is 50.1 Å². The molecular weight excluding hydrogens is 420 g/mol. The minimum absolute atomic E-state index is 0.0410. The molecule has 13 heteroatoms. The highest BCUT2D eigenvalue weighted by atomic mass is 32.2. The van der Waals surface area contributed by atoms with Gasteiger partial charge in [0.25, 0.3) is 11.8 Å². The molecule has 0 spiro atoms. The Labute approximate surface area is 174 Å². The molecule has 0 radical (unpaired) electrons. The Morgan fingerprint density at radius 3 is 2.67 bits per heavy atom. The van der Waals surface area contributed by atoms with Crippen molar-refractivity contribution in [3.63, 3.8) is 0 Å². The molecule has 1 fully saturated rings. The Morgan fingerprint density at radius 2 is 2.07 bits per heavy atom. The maximum Gasteiger partial charge on any atom is 0.333 e. The Kier molecular flexibility index (Phi) is 8.56. The van der Waals surface area contributed by atoms with Gasteiger partial charge in [0.2, 0.25) is 0 Å². The molecule has 2 amide bonds. The number of benzene rings is 1. The average Bonchev–Trinajstić information content (AvgIpc) is 2.98. The number of unbranched alkanes of at least 4 members (excludes halogenated alkanes) is 2. The quantitative estimate of drug-likeness (QED) is 0.157. The van der Waals surface area contributed by atoms with Crippen LogP contribution < -0.4 is 10.5 Å². The summed E-state index contributed by atoms with van der Waals surface area (Å²) in [4.78, 5) is 43.4. The number of aliphatic imine (C=N–C) groups is 1. The van der Waals surface area contributed by atoms with Gasteiger partial charge in [-0.2, -0.15) is 0 Å². The first-order chi connectivity index (χ1) is 14.2. The van der Waals surface area contributed by atoms with Crippen molar-refractivity contribution in [1.29, 1.82) is 0 Å². The molecule has 0 saturated carbocycles. The summed E-state index contributed by atoms with van der Waals surface area (Å²) in [6, 6.07) is 4.50. The van der Waals surface area contributed by atoms with E-state index in [-0.39, 0.29) is 17.2 Å². The maximum atomic E-state index is 11.8. The van der Waals surface area contributed by atoms with E-state index in [1.54, 1.807) is 12.1 Å². The summed E-state index contributed by atoms with van der Waals surface area (Å²) < 4.78 is 21.7. The van der Waals surface area contributed by atoms with Crippen LogP contribution in [0.4, 0.5) is 17.1 Å². The van der Waals surface area contributed by atoms with Crippen molar-refractivity contribution in [2.45, 2.75) is 37.4 Å². The molecule has 0 aromatic heterocycles. The van der Waals surface area contributed by atoms with Crippen molar-refractivity contribution in [1.82, 2.24) is 5.06 Å². The summed E-state index contributed by atoms with van der Waals surface area (Å²) in [7, 11) is 0. The molecule has 0 bridgehead atoms. The molecule has 164 valence electrons. The van der Waals surface area contributed by atoms with Gasteiger partial charge in [-0.15, -0.1) is 5.06 Å². The van der Waals surface area contributed by atoms with Gasteiger partial charge in [-0.05, 0) is 42.8 Å². The highest BCUT2D eigenvalue weighted by Gasteiger charge is 2.42. The first-order valence-electron chi connectivity index (χ1n) is 8.96. The molecule has 2 unspecified atom stereocenters. The van der Waals surface area contributed by atoms with E-state index in [1.165, 1.54) is 6.07 Å². The van der Waals surface area contributed by atoms with Gasteiger partial charge in [-0.1, -0.05) is 6.42 Å². The van der Waals surface area contributed by atoms with Crippen molar-refractivity contribution in [2.24, 2.45) is 4.99 Å². The van der Waals surface area contributed by atoms with Crippen LogP contribution in [0.1, 0.15) is 32.1 Å². The number of nitrogens with zero attached hydrogens (tertiary/aromatic N) is 2. The fourth-order valence-electron chi connectivity index (χ4n) is 2.72. The highest BCUT2D eigenvalue weighted by molar-refractivity contribution is 7.80. The van der Waals surface area contributed by atoms with E-state index < -0.39 is 45.8 Å². The predicted octanol–water partition coefficient (Wildman–Crippen LogP) is -0.0322. The van der Waals surface area contributed by atoms with Crippen LogP contribution >= 0.6 is 0 Å². The van der Waals surface area contributed by atoms with Crippen LogP contribution in [0, 0.1) is 10.4 Å². The van der Waals surface area contributed by atoms with E-state index in [1.807, 2.05) is 0 Å². The van der Waals surface area contributed by atoms with Crippen molar-refractivity contribution in [3.05, 3.63) is 28.6 Å². The first-order valence-corrected chi connectivity index (χ1v) is 10.1. The van der Waals surface area contributed by atoms with Gasteiger partial charge in [0, 0.05) is 19.0 Å².